The number of aromatic nitrogens is 3. The fourth-order valence-corrected chi connectivity index (χ4v) is 10.9. The van der Waals surface area contributed by atoms with Crippen molar-refractivity contribution >= 4 is 37.6 Å². The normalized spacial score (nSPS) is 24.2. The van der Waals surface area contributed by atoms with E-state index in [2.05, 4.69) is 10.3 Å². The number of unbranched alkanes of at least 4 members (excludes halogenated alkanes) is 1. The molecule has 2 aromatic carbocycles. The molecule has 2 saturated heterocycles. The number of fused-ring (bicyclic) bond motifs is 2. The molecule has 1 spiro atoms. The second kappa shape index (κ2) is 14.7. The van der Waals surface area contributed by atoms with E-state index in [0.717, 1.165) is 18.4 Å². The highest BCUT2D eigenvalue weighted by molar-refractivity contribution is 6.72. The summed E-state index contributed by atoms with van der Waals surface area (Å²) in [6.45, 7) is 6.51. The summed E-state index contributed by atoms with van der Waals surface area (Å²) in [5, 5.41) is 18.8. The molecular weight excluding hydrogens is 658 g/mol. The second-order valence-corrected chi connectivity index (χ2v) is 18.1. The van der Waals surface area contributed by atoms with Gasteiger partial charge in [-0.1, -0.05) is 42.5 Å². The molecule has 1 aromatic heterocycles. The molecular formula is C37H48FN5O6Si. The van der Waals surface area contributed by atoms with Crippen LogP contribution < -0.4 is 9.80 Å². The van der Waals surface area contributed by atoms with E-state index in [1.807, 2.05) is 61.7 Å². The number of halogens is 1. The van der Waals surface area contributed by atoms with Crippen LogP contribution in [0.25, 0.3) is 0 Å². The van der Waals surface area contributed by atoms with Crippen LogP contribution in [-0.2, 0) is 36.0 Å². The van der Waals surface area contributed by atoms with Crippen molar-refractivity contribution in [3.05, 3.63) is 71.5 Å². The van der Waals surface area contributed by atoms with Crippen molar-refractivity contribution in [1.29, 1.82) is 0 Å². The molecule has 2 amide bonds. The average molecular weight is 706 g/mol. The minimum absolute atomic E-state index is 0.0468. The number of nitrogens with zero attached hydrogens (tertiary/aromatic N) is 5. The number of hydrogen-bond donors (Lipinski definition) is 1. The number of rotatable bonds is 13. The Morgan fingerprint density at radius 2 is 1.92 bits per heavy atom. The Morgan fingerprint density at radius 1 is 1.14 bits per heavy atom. The summed E-state index contributed by atoms with van der Waals surface area (Å²) < 4.78 is 29.9. The fraction of sp³-hybridized carbons (Fsp3) is 0.541. The molecule has 3 aromatic rings. The van der Waals surface area contributed by atoms with Gasteiger partial charge in [0, 0.05) is 61.4 Å². The first-order valence-electron chi connectivity index (χ1n) is 17.8. The van der Waals surface area contributed by atoms with Crippen molar-refractivity contribution in [2.75, 3.05) is 36.6 Å². The van der Waals surface area contributed by atoms with Gasteiger partial charge in [-0.05, 0) is 69.0 Å². The molecule has 0 saturated carbocycles. The Kier molecular flexibility index (Phi) is 10.6. The van der Waals surface area contributed by atoms with Crippen molar-refractivity contribution in [3.63, 3.8) is 0 Å². The lowest BCUT2D eigenvalue weighted by Crippen LogP contribution is -2.45. The van der Waals surface area contributed by atoms with Gasteiger partial charge in [0.05, 0.1) is 37.1 Å². The Morgan fingerprint density at radius 3 is 2.62 bits per heavy atom. The van der Waals surface area contributed by atoms with E-state index in [1.165, 1.54) is 7.11 Å². The van der Waals surface area contributed by atoms with Crippen molar-refractivity contribution < 1.29 is 33.1 Å². The molecule has 0 aliphatic carbocycles. The number of anilines is 2. The van der Waals surface area contributed by atoms with Gasteiger partial charge in [0.1, 0.15) is 0 Å². The number of aliphatic hydroxyl groups excluding tert-OH is 1. The van der Waals surface area contributed by atoms with E-state index in [0.29, 0.717) is 67.9 Å². The molecule has 13 heteroatoms. The minimum Gasteiger partial charge on any atom is -0.469 e. The summed E-state index contributed by atoms with van der Waals surface area (Å²) in [4.78, 5) is 43.0. The summed E-state index contributed by atoms with van der Waals surface area (Å²) in [5.74, 6) is -1.30. The molecule has 1 N–H and O–H groups in total. The van der Waals surface area contributed by atoms with Crippen molar-refractivity contribution in [2.24, 2.45) is 5.92 Å². The Labute approximate surface area is 293 Å². The van der Waals surface area contributed by atoms with Crippen LogP contribution in [0.15, 0.2) is 54.7 Å². The molecule has 3 aliphatic rings. The Bertz CT molecular complexity index is 1700. The molecule has 6 rings (SSSR count). The zero-order valence-electron chi connectivity index (χ0n) is 29.4. The van der Waals surface area contributed by atoms with E-state index < -0.39 is 31.6 Å². The lowest BCUT2D eigenvalue weighted by Gasteiger charge is -2.32. The number of aliphatic hydroxyl groups is 1. The number of ether oxygens (including phenoxy) is 2. The van der Waals surface area contributed by atoms with Crippen LogP contribution in [0.1, 0.15) is 74.6 Å². The van der Waals surface area contributed by atoms with Gasteiger partial charge in [-0.2, -0.15) is 0 Å². The maximum atomic E-state index is 16.5. The summed E-state index contributed by atoms with van der Waals surface area (Å²) in [5.41, 5.74) is 1.71. The molecule has 11 nitrogen and oxygen atoms in total. The SMILES string of the molecule is COC(=O)CCCCN1C(=O)[C@@]2(O[C@@H](CCn3cc(C(CO)c4ccccc4)nn3)[C@H]([Si](C)(C)F)[C@H]2C)c2cc(N3CCCCC3=O)ccc21. The summed E-state index contributed by atoms with van der Waals surface area (Å²) in [7, 11) is -2.05. The minimum atomic E-state index is -3.41. The topological polar surface area (TPSA) is 127 Å². The Hall–Kier alpha value is -3.94. The molecule has 4 heterocycles. The van der Waals surface area contributed by atoms with E-state index in [1.54, 1.807) is 27.6 Å². The molecule has 0 bridgehead atoms. The van der Waals surface area contributed by atoms with Crippen LogP contribution in [0, 0.1) is 5.92 Å². The van der Waals surface area contributed by atoms with Gasteiger partial charge in [0.25, 0.3) is 5.91 Å². The third kappa shape index (κ3) is 6.74. The quantitative estimate of drug-likeness (QED) is 0.107. The van der Waals surface area contributed by atoms with Crippen LogP contribution >= 0.6 is 0 Å². The van der Waals surface area contributed by atoms with Gasteiger partial charge in [-0.15, -0.1) is 5.10 Å². The highest BCUT2D eigenvalue weighted by Crippen LogP contribution is 2.60. The van der Waals surface area contributed by atoms with Crippen LogP contribution in [0.4, 0.5) is 15.5 Å². The number of esters is 1. The summed E-state index contributed by atoms with van der Waals surface area (Å²) in [6, 6.07) is 15.3. The zero-order valence-corrected chi connectivity index (χ0v) is 30.4. The average Bonchev–Trinajstić information content (AvgIpc) is 3.76. The van der Waals surface area contributed by atoms with E-state index >= 15 is 4.11 Å². The summed E-state index contributed by atoms with van der Waals surface area (Å²) >= 11 is 0. The van der Waals surface area contributed by atoms with E-state index in [-0.39, 0.29) is 36.7 Å². The molecule has 50 heavy (non-hydrogen) atoms. The number of carbonyl (C=O) groups excluding carboxylic acids is 3. The molecule has 1 unspecified atom stereocenters. The number of benzene rings is 2. The van der Waals surface area contributed by atoms with Gasteiger partial charge in [-0.25, -0.2) is 0 Å². The lowest BCUT2D eigenvalue weighted by molar-refractivity contribution is -0.146. The molecule has 3 aliphatic heterocycles. The largest absolute Gasteiger partial charge is 0.469 e. The van der Waals surface area contributed by atoms with Gasteiger partial charge in [0.2, 0.25) is 14.3 Å². The third-order valence-electron chi connectivity index (χ3n) is 10.8. The first-order chi connectivity index (χ1) is 24.0. The van der Waals surface area contributed by atoms with Gasteiger partial charge in [-0.3, -0.25) is 19.1 Å². The van der Waals surface area contributed by atoms with Crippen molar-refractivity contribution in [3.8, 4) is 0 Å². The number of aryl methyl sites for hydroxylation is 1. The van der Waals surface area contributed by atoms with E-state index in [9.17, 15) is 19.5 Å². The smallest absolute Gasteiger partial charge is 0.305 e. The first kappa shape index (κ1) is 35.9. The van der Waals surface area contributed by atoms with Gasteiger partial charge in [0.15, 0.2) is 5.60 Å². The zero-order chi connectivity index (χ0) is 35.6. The predicted octanol–water partition coefficient (Wildman–Crippen LogP) is 5.47. The highest BCUT2D eigenvalue weighted by atomic mass is 28.4. The first-order valence-corrected chi connectivity index (χ1v) is 20.7. The molecule has 2 fully saturated rings. The standard InChI is InChI=1S/C37H48FN5O6Si/c1-25-35(50(3,4)38)32(18-21-41-23-30(39-40-41)28(24-44)26-12-6-5-7-13-26)49-37(25)29-22-27(42-19-10-8-14-33(42)45)16-17-31(29)43(36(37)47)20-11-9-15-34(46)48-2/h5-7,12-13,16-17,22-23,25,28,32,35,44H,8-11,14-15,18-21,24H2,1-4H3/t25-,28?,32+,35-,37+/m1/s1. The predicted molar refractivity (Wildman–Crippen MR) is 189 cm³/mol. The molecule has 268 valence electrons. The van der Waals surface area contributed by atoms with Crippen molar-refractivity contribution in [1.82, 2.24) is 15.0 Å². The summed E-state index contributed by atoms with van der Waals surface area (Å²) in [6.07, 6.45) is 5.22. The number of methoxy groups -OCH3 is 1. The second-order valence-electron chi connectivity index (χ2n) is 14.3. The van der Waals surface area contributed by atoms with Crippen LogP contribution in [0.2, 0.25) is 18.6 Å². The van der Waals surface area contributed by atoms with Crippen molar-refractivity contribution in [2.45, 2.75) is 94.7 Å². The monoisotopic (exact) mass is 705 g/mol. The number of carbonyl (C=O) groups is 3. The third-order valence-corrected chi connectivity index (χ3v) is 13.2. The Balaban J connectivity index is 1.31. The molecule has 0 radical (unpaired) electrons. The number of hydrogen-bond acceptors (Lipinski definition) is 8. The van der Waals surface area contributed by atoms with E-state index in [4.69, 9.17) is 9.47 Å². The lowest BCUT2D eigenvalue weighted by atomic mass is 9.82. The maximum Gasteiger partial charge on any atom is 0.305 e. The van der Waals surface area contributed by atoms with Crippen LogP contribution in [-0.4, -0.2) is 79.2 Å². The van der Waals surface area contributed by atoms with Crippen LogP contribution in [0.5, 0.6) is 0 Å². The molecule has 5 atom stereocenters. The number of amides is 2. The fourth-order valence-electron chi connectivity index (χ4n) is 8.31. The maximum absolute atomic E-state index is 16.5. The van der Waals surface area contributed by atoms with Gasteiger partial charge >= 0.3 is 5.97 Å². The number of piperidine rings is 1. The highest BCUT2D eigenvalue weighted by Gasteiger charge is 2.66. The van der Waals surface area contributed by atoms with Gasteiger partial charge < -0.3 is 28.5 Å². The van der Waals surface area contributed by atoms with Crippen LogP contribution in [0.3, 0.4) is 0 Å².